The molecule has 1 heterocycles. The summed E-state index contributed by atoms with van der Waals surface area (Å²) in [6.45, 7) is 3.00. The summed E-state index contributed by atoms with van der Waals surface area (Å²) in [5.41, 5.74) is 1.25. The fourth-order valence-electron chi connectivity index (χ4n) is 3.82. The standard InChI is InChI=1S/C21H32N6S.HI/c1-16(17-10-5-4-6-11-17)24-20(22-2)23-15-9-14-19-25-26-21(28-3)27(19)18-12-7-8-13-18;/h4-6,10-11,16,18H,7-9,12-15H2,1-3H3,(H2,22,23,24);1H. The van der Waals surface area contributed by atoms with Crippen LogP contribution in [0, 0.1) is 0 Å². The predicted octanol–water partition coefficient (Wildman–Crippen LogP) is 4.59. The second-order valence-electron chi connectivity index (χ2n) is 7.29. The lowest BCUT2D eigenvalue weighted by atomic mass is 10.1. The maximum atomic E-state index is 4.47. The summed E-state index contributed by atoms with van der Waals surface area (Å²) in [6.07, 6.45) is 9.17. The summed E-state index contributed by atoms with van der Waals surface area (Å²) in [4.78, 5) is 4.35. The molecule has 0 radical (unpaired) electrons. The Bertz CT molecular complexity index is 758. The minimum Gasteiger partial charge on any atom is -0.356 e. The maximum Gasteiger partial charge on any atom is 0.191 e. The molecule has 1 aliphatic carbocycles. The number of hydrogen-bond acceptors (Lipinski definition) is 4. The number of aliphatic imine (C=N–C) groups is 1. The van der Waals surface area contributed by atoms with Gasteiger partial charge >= 0.3 is 0 Å². The van der Waals surface area contributed by atoms with E-state index in [2.05, 4.69) is 67.8 Å². The van der Waals surface area contributed by atoms with E-state index in [-0.39, 0.29) is 30.0 Å². The highest BCUT2D eigenvalue weighted by Crippen LogP contribution is 2.33. The van der Waals surface area contributed by atoms with Gasteiger partial charge in [-0.2, -0.15) is 0 Å². The molecular formula is C21H33IN6S. The zero-order chi connectivity index (χ0) is 19.8. The summed E-state index contributed by atoms with van der Waals surface area (Å²) >= 11 is 1.70. The van der Waals surface area contributed by atoms with Gasteiger partial charge in [-0.3, -0.25) is 4.99 Å². The molecule has 1 aliphatic rings. The molecule has 0 spiro atoms. The van der Waals surface area contributed by atoms with E-state index < -0.39 is 0 Å². The summed E-state index contributed by atoms with van der Waals surface area (Å²) in [7, 11) is 1.81. The van der Waals surface area contributed by atoms with Gasteiger partial charge in [0, 0.05) is 26.1 Å². The lowest BCUT2D eigenvalue weighted by Crippen LogP contribution is -2.39. The van der Waals surface area contributed by atoms with Crippen molar-refractivity contribution in [2.24, 2.45) is 4.99 Å². The summed E-state index contributed by atoms with van der Waals surface area (Å²) in [6, 6.07) is 11.2. The number of rotatable bonds is 8. The van der Waals surface area contributed by atoms with Gasteiger partial charge in [0.25, 0.3) is 0 Å². The molecule has 1 saturated carbocycles. The normalized spacial score (nSPS) is 15.8. The van der Waals surface area contributed by atoms with Crippen molar-refractivity contribution in [1.82, 2.24) is 25.4 Å². The predicted molar refractivity (Wildman–Crippen MR) is 132 cm³/mol. The molecule has 1 fully saturated rings. The lowest BCUT2D eigenvalue weighted by molar-refractivity contribution is 0.460. The maximum absolute atomic E-state index is 4.47. The second kappa shape index (κ2) is 12.4. The number of aromatic nitrogens is 3. The SMILES string of the molecule is CN=C(NCCCc1nnc(SC)n1C1CCCC1)NC(C)c1ccccc1.I. The van der Waals surface area contributed by atoms with E-state index in [4.69, 9.17) is 0 Å². The van der Waals surface area contributed by atoms with Crippen molar-refractivity contribution in [2.45, 2.75) is 62.7 Å². The minimum absolute atomic E-state index is 0. The molecule has 0 amide bonds. The van der Waals surface area contributed by atoms with Gasteiger partial charge in [0.2, 0.25) is 0 Å². The first-order chi connectivity index (χ1) is 13.7. The van der Waals surface area contributed by atoms with Gasteiger partial charge in [0.05, 0.1) is 6.04 Å². The minimum atomic E-state index is 0. The van der Waals surface area contributed by atoms with Gasteiger partial charge < -0.3 is 15.2 Å². The van der Waals surface area contributed by atoms with E-state index in [1.165, 1.54) is 31.2 Å². The number of hydrogen-bond donors (Lipinski definition) is 2. The first-order valence-electron chi connectivity index (χ1n) is 10.2. The average Bonchev–Trinajstić information content (AvgIpc) is 3.39. The molecule has 2 aromatic rings. The van der Waals surface area contributed by atoms with Crippen LogP contribution in [-0.4, -0.2) is 40.6 Å². The third kappa shape index (κ3) is 6.60. The zero-order valence-electron chi connectivity index (χ0n) is 17.6. The van der Waals surface area contributed by atoms with Gasteiger partial charge in [0.15, 0.2) is 11.1 Å². The first-order valence-corrected chi connectivity index (χ1v) is 11.4. The number of nitrogens with zero attached hydrogens (tertiary/aromatic N) is 4. The van der Waals surface area contributed by atoms with Crippen LogP contribution in [0.3, 0.4) is 0 Å². The van der Waals surface area contributed by atoms with E-state index in [0.29, 0.717) is 6.04 Å². The van der Waals surface area contributed by atoms with Gasteiger partial charge in [-0.15, -0.1) is 34.2 Å². The van der Waals surface area contributed by atoms with Crippen LogP contribution in [0.5, 0.6) is 0 Å². The molecule has 0 bridgehead atoms. The van der Waals surface area contributed by atoms with Crippen LogP contribution in [0.1, 0.15) is 62.5 Å². The van der Waals surface area contributed by atoms with Crippen molar-refractivity contribution in [3.05, 3.63) is 41.7 Å². The quantitative estimate of drug-likeness (QED) is 0.173. The Morgan fingerprint density at radius 1 is 1.24 bits per heavy atom. The van der Waals surface area contributed by atoms with E-state index in [1.54, 1.807) is 11.8 Å². The summed E-state index contributed by atoms with van der Waals surface area (Å²) in [5.74, 6) is 1.96. The van der Waals surface area contributed by atoms with Crippen molar-refractivity contribution in [2.75, 3.05) is 19.8 Å². The number of aryl methyl sites for hydroxylation is 1. The number of guanidine groups is 1. The highest BCUT2D eigenvalue weighted by molar-refractivity contribution is 14.0. The Morgan fingerprint density at radius 2 is 1.97 bits per heavy atom. The Hall–Kier alpha value is -1.29. The molecule has 1 aromatic heterocycles. The van der Waals surface area contributed by atoms with Gasteiger partial charge in [0.1, 0.15) is 5.82 Å². The second-order valence-corrected chi connectivity index (χ2v) is 8.06. The van der Waals surface area contributed by atoms with Crippen LogP contribution in [0.2, 0.25) is 0 Å². The summed E-state index contributed by atoms with van der Waals surface area (Å²) in [5, 5.41) is 16.8. The largest absolute Gasteiger partial charge is 0.356 e. The van der Waals surface area contributed by atoms with Crippen molar-refractivity contribution >= 4 is 41.7 Å². The molecule has 1 atom stereocenters. The highest BCUT2D eigenvalue weighted by Gasteiger charge is 2.23. The Kier molecular flexibility index (Phi) is 10.3. The molecule has 0 aliphatic heterocycles. The van der Waals surface area contributed by atoms with E-state index in [0.717, 1.165) is 36.3 Å². The molecule has 3 rings (SSSR count). The van der Waals surface area contributed by atoms with Crippen LogP contribution in [0.4, 0.5) is 0 Å². The number of thioether (sulfide) groups is 1. The number of halogens is 1. The molecule has 2 N–H and O–H groups in total. The molecule has 160 valence electrons. The molecule has 0 saturated heterocycles. The molecule has 1 unspecified atom stereocenters. The van der Waals surface area contributed by atoms with Crippen molar-refractivity contribution in [1.29, 1.82) is 0 Å². The summed E-state index contributed by atoms with van der Waals surface area (Å²) < 4.78 is 2.39. The Morgan fingerprint density at radius 3 is 2.62 bits per heavy atom. The van der Waals surface area contributed by atoms with Gasteiger partial charge in [-0.25, -0.2) is 0 Å². The van der Waals surface area contributed by atoms with E-state index >= 15 is 0 Å². The van der Waals surface area contributed by atoms with Crippen LogP contribution in [0.15, 0.2) is 40.5 Å². The third-order valence-electron chi connectivity index (χ3n) is 5.35. The first kappa shape index (κ1) is 24.0. The molecule has 6 nitrogen and oxygen atoms in total. The van der Waals surface area contributed by atoms with Gasteiger partial charge in [-0.1, -0.05) is 54.9 Å². The van der Waals surface area contributed by atoms with Crippen LogP contribution < -0.4 is 10.6 Å². The van der Waals surface area contributed by atoms with Crippen molar-refractivity contribution in [3.8, 4) is 0 Å². The lowest BCUT2D eigenvalue weighted by Gasteiger charge is -2.19. The third-order valence-corrected chi connectivity index (χ3v) is 6.00. The van der Waals surface area contributed by atoms with Crippen LogP contribution >= 0.6 is 35.7 Å². The fourth-order valence-corrected chi connectivity index (χ4v) is 4.40. The number of nitrogens with one attached hydrogen (secondary N) is 2. The monoisotopic (exact) mass is 528 g/mol. The van der Waals surface area contributed by atoms with Crippen LogP contribution in [-0.2, 0) is 6.42 Å². The molecule has 29 heavy (non-hydrogen) atoms. The molecular weight excluding hydrogens is 495 g/mol. The Balaban J connectivity index is 0.00000300. The smallest absolute Gasteiger partial charge is 0.191 e. The zero-order valence-corrected chi connectivity index (χ0v) is 20.7. The van der Waals surface area contributed by atoms with Crippen molar-refractivity contribution < 1.29 is 0 Å². The van der Waals surface area contributed by atoms with E-state index in [1.807, 2.05) is 13.1 Å². The number of benzene rings is 1. The fraction of sp³-hybridized carbons (Fsp3) is 0.571. The molecule has 1 aromatic carbocycles. The average molecular weight is 529 g/mol. The van der Waals surface area contributed by atoms with Crippen molar-refractivity contribution in [3.63, 3.8) is 0 Å². The van der Waals surface area contributed by atoms with Crippen LogP contribution in [0.25, 0.3) is 0 Å². The topological polar surface area (TPSA) is 67.1 Å². The highest BCUT2D eigenvalue weighted by atomic mass is 127. The molecule has 8 heteroatoms. The van der Waals surface area contributed by atoms with E-state index in [9.17, 15) is 0 Å². The van der Waals surface area contributed by atoms with Gasteiger partial charge in [-0.05, 0) is 38.0 Å². The Labute approximate surface area is 195 Å².